The number of nitrogens with zero attached hydrogens (tertiary/aromatic N) is 9. The largest absolute Gasteiger partial charge is 0.534 e. The van der Waals surface area contributed by atoms with Gasteiger partial charge in [0, 0.05) is 56.7 Å². The number of amides is 1. The van der Waals surface area contributed by atoms with Gasteiger partial charge in [0.2, 0.25) is 5.95 Å². The fraction of sp³-hybridized carbons (Fsp3) is 0.528. The van der Waals surface area contributed by atoms with E-state index in [9.17, 15) is 36.0 Å². The van der Waals surface area contributed by atoms with Crippen LogP contribution in [0, 0.1) is 0 Å². The van der Waals surface area contributed by atoms with Gasteiger partial charge in [-0.3, -0.25) is 9.36 Å². The molecule has 1 N–H and O–H groups in total. The number of aryl methyl sites for hydroxylation is 4. The molecule has 0 bridgehead atoms. The van der Waals surface area contributed by atoms with Gasteiger partial charge in [-0.1, -0.05) is 0 Å². The quantitative estimate of drug-likeness (QED) is 0.115. The predicted octanol–water partition coefficient (Wildman–Crippen LogP) is 3.95. The van der Waals surface area contributed by atoms with Crippen LogP contribution in [0.4, 0.5) is 23.9 Å². The van der Waals surface area contributed by atoms with E-state index in [0.717, 1.165) is 35.4 Å². The summed E-state index contributed by atoms with van der Waals surface area (Å²) in [6.07, 6.45) is 5.70. The number of nitrogens with one attached hydrogen (secondary N) is 1. The Hall–Kier alpha value is -5.87. The third-order valence-electron chi connectivity index (χ3n) is 9.31. The van der Waals surface area contributed by atoms with Crippen LogP contribution in [0.25, 0.3) is 22.8 Å². The Kier molecular flexibility index (Phi) is 11.9. The number of alkyl halides is 3. The van der Waals surface area contributed by atoms with Gasteiger partial charge < -0.3 is 28.6 Å². The second-order valence-electron chi connectivity index (χ2n) is 14.7. The summed E-state index contributed by atoms with van der Waals surface area (Å²) in [6, 6.07) is -0.942. The van der Waals surface area contributed by atoms with E-state index < -0.39 is 39.2 Å². The van der Waals surface area contributed by atoms with Gasteiger partial charge in [0.15, 0.2) is 11.4 Å². The lowest BCUT2D eigenvalue weighted by Crippen LogP contribution is -2.36. The molecular formula is C36H43F3N10O9S. The number of hydrogen-bond acceptors (Lipinski definition) is 16. The normalized spacial score (nSPS) is 15.8. The van der Waals surface area contributed by atoms with E-state index in [0.29, 0.717) is 67.4 Å². The number of ether oxygens (including phenoxy) is 3. The summed E-state index contributed by atoms with van der Waals surface area (Å²) in [5, 5.41) is 11.8. The lowest BCUT2D eigenvalue weighted by Gasteiger charge is -2.24. The number of fused-ring (bicyclic) bond motifs is 6. The molecular weight excluding hydrogens is 806 g/mol. The summed E-state index contributed by atoms with van der Waals surface area (Å²) in [5.74, 6) is -0.553. The Morgan fingerprint density at radius 3 is 1.86 bits per heavy atom. The summed E-state index contributed by atoms with van der Waals surface area (Å²) < 4.78 is 82.4. The molecule has 1 fully saturated rings. The first-order chi connectivity index (χ1) is 27.7. The molecule has 59 heavy (non-hydrogen) atoms. The van der Waals surface area contributed by atoms with Crippen LogP contribution in [0.3, 0.4) is 0 Å². The molecule has 0 saturated carbocycles. The van der Waals surface area contributed by atoms with E-state index in [4.69, 9.17) is 19.2 Å². The monoisotopic (exact) mass is 848 g/mol. The summed E-state index contributed by atoms with van der Waals surface area (Å²) in [6.45, 7) is 10.6. The number of esters is 2. The van der Waals surface area contributed by atoms with Crippen molar-refractivity contribution < 1.29 is 54.4 Å². The van der Waals surface area contributed by atoms with Crippen molar-refractivity contribution >= 4 is 34.1 Å². The summed E-state index contributed by atoms with van der Waals surface area (Å²) in [4.78, 5) is 55.0. The van der Waals surface area contributed by atoms with Crippen molar-refractivity contribution in [3.05, 3.63) is 46.0 Å². The van der Waals surface area contributed by atoms with E-state index in [1.807, 2.05) is 34.0 Å². The minimum atomic E-state index is -5.90. The lowest BCUT2D eigenvalue weighted by atomic mass is 9.93. The summed E-state index contributed by atoms with van der Waals surface area (Å²) >= 11 is 0. The van der Waals surface area contributed by atoms with Crippen LogP contribution in [0.2, 0.25) is 0 Å². The van der Waals surface area contributed by atoms with E-state index in [1.165, 1.54) is 17.9 Å². The average Bonchev–Trinajstić information content (AvgIpc) is 3.86. The Balaban J connectivity index is 0.000000201. The Morgan fingerprint density at radius 2 is 1.36 bits per heavy atom. The zero-order chi connectivity index (χ0) is 43.0. The van der Waals surface area contributed by atoms with Gasteiger partial charge in [-0.25, -0.2) is 29.3 Å². The van der Waals surface area contributed by atoms with Gasteiger partial charge in [0.05, 0.1) is 36.0 Å². The first kappa shape index (κ1) is 42.7. The van der Waals surface area contributed by atoms with Crippen molar-refractivity contribution in [3.8, 4) is 28.8 Å². The minimum absolute atomic E-state index is 0.0326. The molecule has 0 radical (unpaired) electrons. The fourth-order valence-corrected chi connectivity index (χ4v) is 7.20. The van der Waals surface area contributed by atoms with Gasteiger partial charge in [0.1, 0.15) is 5.60 Å². The molecule has 2 aliphatic carbocycles. The van der Waals surface area contributed by atoms with Crippen molar-refractivity contribution in [2.75, 3.05) is 31.6 Å². The summed E-state index contributed by atoms with van der Waals surface area (Å²) in [5.41, 5.74) is -0.671. The maximum absolute atomic E-state index is 12.5. The number of hydrogen-bond donors (Lipinski definition) is 1. The molecule has 1 atom stereocenters. The van der Waals surface area contributed by atoms with E-state index in [1.54, 1.807) is 23.4 Å². The molecule has 4 aromatic rings. The number of likely N-dealkylation sites (tertiary alicyclic amines) is 1. The SMILES string of the molecule is CCOC(=O)c1nn(C)c2c1CCc1cnc(NC3CCN(C(=O)OC(C)(C)C)C3)nc1-2.CCOC(=O)c1nn(C)c2c1CCc1cnc(OS(=O)(=O)C(F)(F)F)nc1-2. The number of carbonyl (C=O) groups excluding carboxylic acids is 3. The molecule has 7 rings (SSSR count). The van der Waals surface area contributed by atoms with E-state index in [-0.39, 0.29) is 30.1 Å². The predicted molar refractivity (Wildman–Crippen MR) is 201 cm³/mol. The Labute approximate surface area is 336 Å². The molecule has 5 heterocycles. The molecule has 3 aliphatic rings. The first-order valence-electron chi connectivity index (χ1n) is 18.6. The topological polar surface area (TPSA) is 225 Å². The zero-order valence-corrected chi connectivity index (χ0v) is 34.2. The van der Waals surface area contributed by atoms with Gasteiger partial charge in [-0.05, 0) is 77.8 Å². The maximum atomic E-state index is 12.5. The molecule has 0 aromatic carbocycles. The van der Waals surface area contributed by atoms with Crippen LogP contribution in [0.15, 0.2) is 12.4 Å². The smallest absolute Gasteiger partial charge is 0.461 e. The van der Waals surface area contributed by atoms with E-state index >= 15 is 0 Å². The molecule has 1 unspecified atom stereocenters. The van der Waals surface area contributed by atoms with Crippen molar-refractivity contribution in [1.82, 2.24) is 44.4 Å². The molecule has 1 saturated heterocycles. The van der Waals surface area contributed by atoms with Gasteiger partial charge in [-0.2, -0.15) is 36.8 Å². The van der Waals surface area contributed by atoms with Crippen LogP contribution in [-0.2, 0) is 64.1 Å². The first-order valence-corrected chi connectivity index (χ1v) is 20.1. The highest BCUT2D eigenvalue weighted by molar-refractivity contribution is 7.87. The highest BCUT2D eigenvalue weighted by atomic mass is 32.2. The third-order valence-corrected chi connectivity index (χ3v) is 10.2. The lowest BCUT2D eigenvalue weighted by molar-refractivity contribution is -0.0503. The average molecular weight is 849 g/mol. The van der Waals surface area contributed by atoms with Crippen LogP contribution in [0.1, 0.15) is 84.3 Å². The highest BCUT2D eigenvalue weighted by Crippen LogP contribution is 2.36. The fourth-order valence-electron chi connectivity index (χ4n) is 6.83. The van der Waals surface area contributed by atoms with Crippen molar-refractivity contribution in [1.29, 1.82) is 0 Å². The number of anilines is 1. The van der Waals surface area contributed by atoms with E-state index in [2.05, 4.69) is 34.6 Å². The van der Waals surface area contributed by atoms with Crippen LogP contribution in [0.5, 0.6) is 6.01 Å². The van der Waals surface area contributed by atoms with Crippen LogP contribution in [-0.4, -0.2) is 114 Å². The van der Waals surface area contributed by atoms with Crippen molar-refractivity contribution in [2.45, 2.75) is 83.9 Å². The van der Waals surface area contributed by atoms with Gasteiger partial charge >= 0.3 is 39.7 Å². The number of aromatic nitrogens is 8. The number of rotatable bonds is 8. The molecule has 1 amide bonds. The van der Waals surface area contributed by atoms with Crippen molar-refractivity contribution in [3.63, 3.8) is 0 Å². The number of halogens is 3. The van der Waals surface area contributed by atoms with Crippen LogP contribution < -0.4 is 9.50 Å². The van der Waals surface area contributed by atoms with Gasteiger partial charge in [0.25, 0.3) is 0 Å². The molecule has 4 aromatic heterocycles. The summed E-state index contributed by atoms with van der Waals surface area (Å²) in [7, 11) is -2.58. The second kappa shape index (κ2) is 16.4. The van der Waals surface area contributed by atoms with Crippen molar-refractivity contribution in [2.24, 2.45) is 14.1 Å². The highest BCUT2D eigenvalue weighted by Gasteiger charge is 2.49. The molecule has 318 valence electrons. The zero-order valence-electron chi connectivity index (χ0n) is 33.3. The molecule has 19 nitrogen and oxygen atoms in total. The standard InChI is InChI=1S/C22H30N6O4.C14H13F3N4O5S/c1-6-31-19(29)17-15-8-7-13-11-23-20(25-16(13)18(15)27(5)26-17)24-14-9-10-28(12-14)21(30)32-22(2,3)4;1-3-25-12(22)10-8-5-4-7-6-18-13(26-27(23,24)14(15,16)17)19-9(7)11(8)21(2)20-10/h11,14H,6-10,12H2,1-5H3,(H,23,24,25);6H,3-5H2,1-2H3. The Morgan fingerprint density at radius 1 is 0.831 bits per heavy atom. The number of carbonyl (C=O) groups is 3. The molecule has 23 heteroatoms. The Bertz CT molecular complexity index is 2390. The minimum Gasteiger partial charge on any atom is -0.461 e. The molecule has 1 aliphatic heterocycles. The molecule has 0 spiro atoms. The maximum Gasteiger partial charge on any atom is 0.534 e. The third kappa shape index (κ3) is 9.08. The van der Waals surface area contributed by atoms with Crippen LogP contribution >= 0.6 is 0 Å². The second-order valence-corrected chi connectivity index (χ2v) is 16.2. The van der Waals surface area contributed by atoms with Gasteiger partial charge in [-0.15, -0.1) is 0 Å².